The molecular formula is C11H13N3O2S2. The summed E-state index contributed by atoms with van der Waals surface area (Å²) in [7, 11) is 0. The summed E-state index contributed by atoms with van der Waals surface area (Å²) in [5.74, 6) is -0.379. The number of rotatable bonds is 5. The van der Waals surface area contributed by atoms with E-state index >= 15 is 0 Å². The highest BCUT2D eigenvalue weighted by molar-refractivity contribution is 7.14. The summed E-state index contributed by atoms with van der Waals surface area (Å²) in [5.41, 5.74) is 3.19. The normalized spacial score (nSPS) is 10.3. The summed E-state index contributed by atoms with van der Waals surface area (Å²) in [6, 6.07) is 0. The quantitative estimate of drug-likeness (QED) is 0.855. The van der Waals surface area contributed by atoms with Gasteiger partial charge in [-0.3, -0.25) is 0 Å². The van der Waals surface area contributed by atoms with Gasteiger partial charge >= 0.3 is 5.97 Å². The highest BCUT2D eigenvalue weighted by Crippen LogP contribution is 2.19. The molecule has 0 atom stereocenters. The number of thiazole rings is 2. The van der Waals surface area contributed by atoms with Gasteiger partial charge in [-0.2, -0.15) is 0 Å². The SMILES string of the molecule is CCOC(=O)c1csc(NCc2scnc2C)n1. The van der Waals surface area contributed by atoms with E-state index in [2.05, 4.69) is 15.3 Å². The Morgan fingerprint density at radius 3 is 3.00 bits per heavy atom. The van der Waals surface area contributed by atoms with E-state index in [1.54, 1.807) is 23.6 Å². The van der Waals surface area contributed by atoms with Crippen molar-refractivity contribution in [2.75, 3.05) is 11.9 Å². The molecule has 0 saturated carbocycles. The van der Waals surface area contributed by atoms with E-state index < -0.39 is 0 Å². The smallest absolute Gasteiger partial charge is 0.357 e. The predicted molar refractivity (Wildman–Crippen MR) is 72.2 cm³/mol. The third-order valence-corrected chi connectivity index (χ3v) is 3.97. The summed E-state index contributed by atoms with van der Waals surface area (Å²) in [6.45, 7) is 4.78. The molecule has 0 unspecified atom stereocenters. The number of hydrogen-bond acceptors (Lipinski definition) is 7. The van der Waals surface area contributed by atoms with Crippen LogP contribution in [0.5, 0.6) is 0 Å². The molecule has 2 aromatic rings. The fraction of sp³-hybridized carbons (Fsp3) is 0.364. The van der Waals surface area contributed by atoms with E-state index in [0.29, 0.717) is 24.0 Å². The highest BCUT2D eigenvalue weighted by Gasteiger charge is 2.11. The third kappa shape index (κ3) is 3.05. The number of carbonyl (C=O) groups is 1. The largest absolute Gasteiger partial charge is 0.461 e. The molecular weight excluding hydrogens is 270 g/mol. The van der Waals surface area contributed by atoms with Crippen molar-refractivity contribution in [3.8, 4) is 0 Å². The van der Waals surface area contributed by atoms with Crippen molar-refractivity contribution in [2.24, 2.45) is 0 Å². The minimum atomic E-state index is -0.379. The minimum Gasteiger partial charge on any atom is -0.461 e. The average molecular weight is 283 g/mol. The minimum absolute atomic E-state index is 0.352. The molecule has 2 heterocycles. The second-order valence-corrected chi connectivity index (χ2v) is 5.27. The molecule has 2 aromatic heterocycles. The fourth-order valence-corrected chi connectivity index (χ4v) is 2.70. The maximum atomic E-state index is 11.4. The van der Waals surface area contributed by atoms with Gasteiger partial charge in [0.1, 0.15) is 0 Å². The standard InChI is InChI=1S/C11H13N3O2S2/c1-3-16-10(15)8-5-17-11(14-8)12-4-9-7(2)13-6-18-9/h5-6H,3-4H2,1-2H3,(H,12,14). The molecule has 0 saturated heterocycles. The summed E-state index contributed by atoms with van der Waals surface area (Å²) >= 11 is 2.99. The predicted octanol–water partition coefficient (Wildman–Crippen LogP) is 2.70. The summed E-state index contributed by atoms with van der Waals surface area (Å²) in [4.78, 5) is 20.9. The lowest BCUT2D eigenvalue weighted by atomic mass is 10.4. The molecule has 7 heteroatoms. The topological polar surface area (TPSA) is 64.1 Å². The number of carbonyl (C=O) groups excluding carboxylic acids is 1. The van der Waals surface area contributed by atoms with Crippen LogP contribution in [0.3, 0.4) is 0 Å². The summed E-state index contributed by atoms with van der Waals surface area (Å²) in [5, 5.41) is 5.58. The Morgan fingerprint density at radius 2 is 2.33 bits per heavy atom. The zero-order chi connectivity index (χ0) is 13.0. The van der Waals surface area contributed by atoms with Crippen molar-refractivity contribution in [3.63, 3.8) is 0 Å². The van der Waals surface area contributed by atoms with Gasteiger partial charge in [0, 0.05) is 10.3 Å². The zero-order valence-electron chi connectivity index (χ0n) is 10.1. The lowest BCUT2D eigenvalue weighted by Crippen LogP contribution is -2.05. The molecule has 96 valence electrons. The van der Waals surface area contributed by atoms with Crippen LogP contribution in [0.25, 0.3) is 0 Å². The molecule has 5 nitrogen and oxygen atoms in total. The lowest BCUT2D eigenvalue weighted by molar-refractivity contribution is 0.0520. The highest BCUT2D eigenvalue weighted by atomic mass is 32.1. The number of nitrogens with zero attached hydrogens (tertiary/aromatic N) is 2. The fourth-order valence-electron chi connectivity index (χ4n) is 1.31. The number of hydrogen-bond donors (Lipinski definition) is 1. The Morgan fingerprint density at radius 1 is 1.50 bits per heavy atom. The first kappa shape index (κ1) is 13.0. The van der Waals surface area contributed by atoms with Crippen LogP contribution in [0.4, 0.5) is 5.13 Å². The van der Waals surface area contributed by atoms with Crippen LogP contribution in [0.1, 0.15) is 28.0 Å². The number of aryl methyl sites for hydroxylation is 1. The van der Waals surface area contributed by atoms with Crippen LogP contribution in [0.2, 0.25) is 0 Å². The van der Waals surface area contributed by atoms with E-state index in [1.807, 2.05) is 12.4 Å². The van der Waals surface area contributed by atoms with Crippen molar-refractivity contribution >= 4 is 33.8 Å². The molecule has 0 aromatic carbocycles. The van der Waals surface area contributed by atoms with Gasteiger partial charge in [0.25, 0.3) is 0 Å². The Hall–Kier alpha value is -1.47. The second-order valence-electron chi connectivity index (χ2n) is 3.47. The molecule has 0 amide bonds. The van der Waals surface area contributed by atoms with E-state index in [9.17, 15) is 4.79 Å². The van der Waals surface area contributed by atoms with Gasteiger partial charge in [0.2, 0.25) is 0 Å². The number of aromatic nitrogens is 2. The first-order valence-electron chi connectivity index (χ1n) is 5.46. The van der Waals surface area contributed by atoms with Crippen LogP contribution in [0.15, 0.2) is 10.9 Å². The summed E-state index contributed by atoms with van der Waals surface area (Å²) < 4.78 is 4.88. The molecule has 0 radical (unpaired) electrons. The van der Waals surface area contributed by atoms with Crippen molar-refractivity contribution in [2.45, 2.75) is 20.4 Å². The van der Waals surface area contributed by atoms with Crippen LogP contribution in [-0.2, 0) is 11.3 Å². The van der Waals surface area contributed by atoms with Crippen LogP contribution in [0, 0.1) is 6.92 Å². The maximum absolute atomic E-state index is 11.4. The van der Waals surface area contributed by atoms with E-state index in [1.165, 1.54) is 16.2 Å². The Bertz CT molecular complexity index is 536. The van der Waals surface area contributed by atoms with Crippen molar-refractivity contribution in [3.05, 3.63) is 27.2 Å². The van der Waals surface area contributed by atoms with Gasteiger partial charge in [-0.15, -0.1) is 22.7 Å². The van der Waals surface area contributed by atoms with Gasteiger partial charge < -0.3 is 10.1 Å². The van der Waals surface area contributed by atoms with Crippen LogP contribution in [-0.4, -0.2) is 22.5 Å². The number of ether oxygens (including phenoxy) is 1. The van der Waals surface area contributed by atoms with Gasteiger partial charge in [0.05, 0.1) is 24.4 Å². The van der Waals surface area contributed by atoms with E-state index in [0.717, 1.165) is 5.69 Å². The first-order chi connectivity index (χ1) is 8.70. The molecule has 1 N–H and O–H groups in total. The van der Waals surface area contributed by atoms with Crippen LogP contribution >= 0.6 is 22.7 Å². The number of esters is 1. The van der Waals surface area contributed by atoms with Gasteiger partial charge in [0.15, 0.2) is 10.8 Å². The molecule has 0 spiro atoms. The van der Waals surface area contributed by atoms with E-state index in [4.69, 9.17) is 4.74 Å². The van der Waals surface area contributed by atoms with Crippen molar-refractivity contribution in [1.82, 2.24) is 9.97 Å². The number of anilines is 1. The molecule has 0 aliphatic carbocycles. The maximum Gasteiger partial charge on any atom is 0.357 e. The zero-order valence-corrected chi connectivity index (χ0v) is 11.7. The molecule has 18 heavy (non-hydrogen) atoms. The molecule has 2 rings (SSSR count). The third-order valence-electron chi connectivity index (χ3n) is 2.23. The number of nitrogens with one attached hydrogen (secondary N) is 1. The second kappa shape index (κ2) is 5.92. The molecule has 0 aliphatic heterocycles. The molecule has 0 aliphatic rings. The Labute approximate surface area is 113 Å². The lowest BCUT2D eigenvalue weighted by Gasteiger charge is -2.00. The molecule has 0 bridgehead atoms. The van der Waals surface area contributed by atoms with Crippen molar-refractivity contribution in [1.29, 1.82) is 0 Å². The molecule has 0 fully saturated rings. The van der Waals surface area contributed by atoms with Gasteiger partial charge in [-0.05, 0) is 13.8 Å². The van der Waals surface area contributed by atoms with Gasteiger partial charge in [-0.1, -0.05) is 0 Å². The van der Waals surface area contributed by atoms with Gasteiger partial charge in [-0.25, -0.2) is 14.8 Å². The monoisotopic (exact) mass is 283 g/mol. The van der Waals surface area contributed by atoms with E-state index in [-0.39, 0.29) is 5.97 Å². The van der Waals surface area contributed by atoms with Crippen LogP contribution < -0.4 is 5.32 Å². The Balaban J connectivity index is 1.95. The average Bonchev–Trinajstić information content (AvgIpc) is 2.96. The first-order valence-corrected chi connectivity index (χ1v) is 7.22. The van der Waals surface area contributed by atoms with Crippen molar-refractivity contribution < 1.29 is 9.53 Å². The summed E-state index contributed by atoms with van der Waals surface area (Å²) in [6.07, 6.45) is 0. The Kier molecular flexibility index (Phi) is 4.27.